The molecule has 0 amide bonds. The molecule has 0 bridgehead atoms. The molecule has 30 heavy (non-hydrogen) atoms. The zero-order valence-electron chi connectivity index (χ0n) is 15.9. The third-order valence-corrected chi connectivity index (χ3v) is 5.20. The largest absolute Gasteiger partial charge is 0.361 e. The monoisotopic (exact) mass is 403 g/mol. The summed E-state index contributed by atoms with van der Waals surface area (Å²) >= 11 is 0. The van der Waals surface area contributed by atoms with Gasteiger partial charge in [0.2, 0.25) is 0 Å². The molecule has 1 atom stereocenters. The average molecular weight is 403 g/mol. The second-order valence-corrected chi connectivity index (χ2v) is 7.40. The summed E-state index contributed by atoms with van der Waals surface area (Å²) in [6.07, 6.45) is 2.08. The van der Waals surface area contributed by atoms with E-state index in [2.05, 4.69) is 15.6 Å². The van der Waals surface area contributed by atoms with Gasteiger partial charge in [0, 0.05) is 29.2 Å². The van der Waals surface area contributed by atoms with Crippen molar-refractivity contribution in [2.45, 2.75) is 12.1 Å². The lowest BCUT2D eigenvalue weighted by Gasteiger charge is -2.37. The van der Waals surface area contributed by atoms with Gasteiger partial charge in [-0.3, -0.25) is 0 Å². The standard InChI is InChI=1S/C23H19F2N5/c24-17-7-5-14(11-18(17)25)13-23(26)22(29-20-3-1-2-4-21(20)30-23)28-16-6-8-19-15(12-16)9-10-27-19/h1-12,27,30H,13,26H2,(H,28,29). The Morgan fingerprint density at radius 1 is 0.967 bits per heavy atom. The molecular formula is C23H19F2N5. The number of para-hydroxylation sites is 2. The number of hydrogen-bond donors (Lipinski definition) is 4. The molecule has 2 heterocycles. The molecule has 5 nitrogen and oxygen atoms in total. The first-order valence-corrected chi connectivity index (χ1v) is 9.54. The smallest absolute Gasteiger partial charge is 0.159 e. The Labute approximate surface area is 171 Å². The summed E-state index contributed by atoms with van der Waals surface area (Å²) in [6, 6.07) is 19.2. The van der Waals surface area contributed by atoms with Crippen molar-refractivity contribution >= 4 is 33.8 Å². The zero-order valence-corrected chi connectivity index (χ0v) is 15.9. The highest BCUT2D eigenvalue weighted by atomic mass is 19.2. The number of H-pyrrole nitrogens is 1. The first kappa shape index (κ1) is 18.3. The summed E-state index contributed by atoms with van der Waals surface area (Å²) in [5.41, 5.74) is 9.52. The fourth-order valence-corrected chi connectivity index (χ4v) is 3.70. The van der Waals surface area contributed by atoms with E-state index in [0.29, 0.717) is 11.4 Å². The van der Waals surface area contributed by atoms with Crippen molar-refractivity contribution in [2.75, 3.05) is 10.6 Å². The molecule has 3 aromatic carbocycles. The predicted molar refractivity (Wildman–Crippen MR) is 116 cm³/mol. The highest BCUT2D eigenvalue weighted by Gasteiger charge is 2.36. The SMILES string of the molecule is NC1(Cc2ccc(F)c(F)c2)Nc2ccccc2N=C1Nc1ccc2[nH]ccc2c1. The number of benzene rings is 3. The first-order valence-electron chi connectivity index (χ1n) is 9.54. The minimum absolute atomic E-state index is 0.205. The van der Waals surface area contributed by atoms with Gasteiger partial charge < -0.3 is 21.4 Å². The molecule has 5 N–H and O–H groups in total. The fraction of sp³-hybridized carbons (Fsp3) is 0.0870. The average Bonchev–Trinajstić information content (AvgIpc) is 3.19. The van der Waals surface area contributed by atoms with Gasteiger partial charge in [0.1, 0.15) is 11.5 Å². The second-order valence-electron chi connectivity index (χ2n) is 7.40. The molecule has 0 saturated heterocycles. The van der Waals surface area contributed by atoms with Gasteiger partial charge in [-0.1, -0.05) is 18.2 Å². The van der Waals surface area contributed by atoms with Crippen LogP contribution < -0.4 is 16.4 Å². The Kier molecular flexibility index (Phi) is 4.25. The summed E-state index contributed by atoms with van der Waals surface area (Å²) in [7, 11) is 0. The molecule has 1 unspecified atom stereocenters. The highest BCUT2D eigenvalue weighted by Crippen LogP contribution is 2.34. The third-order valence-electron chi connectivity index (χ3n) is 5.20. The lowest BCUT2D eigenvalue weighted by atomic mass is 9.96. The van der Waals surface area contributed by atoms with E-state index in [1.165, 1.54) is 6.07 Å². The van der Waals surface area contributed by atoms with Crippen LogP contribution in [0.3, 0.4) is 0 Å². The Balaban J connectivity index is 1.54. The van der Waals surface area contributed by atoms with E-state index < -0.39 is 17.3 Å². The van der Waals surface area contributed by atoms with Crippen LogP contribution in [0, 0.1) is 11.6 Å². The van der Waals surface area contributed by atoms with Gasteiger partial charge in [-0.25, -0.2) is 13.8 Å². The molecule has 1 aliphatic heterocycles. The van der Waals surface area contributed by atoms with Crippen molar-refractivity contribution in [2.24, 2.45) is 10.7 Å². The number of nitrogens with zero attached hydrogens (tertiary/aromatic N) is 1. The quantitative estimate of drug-likeness (QED) is 0.392. The second kappa shape index (κ2) is 6.96. The number of rotatable bonds is 3. The molecule has 0 aliphatic carbocycles. The van der Waals surface area contributed by atoms with E-state index in [-0.39, 0.29) is 6.42 Å². The van der Waals surface area contributed by atoms with E-state index in [1.807, 2.05) is 54.7 Å². The number of aromatic amines is 1. The lowest BCUT2D eigenvalue weighted by Crippen LogP contribution is -2.60. The van der Waals surface area contributed by atoms with Crippen molar-refractivity contribution in [1.82, 2.24) is 4.98 Å². The van der Waals surface area contributed by atoms with Crippen molar-refractivity contribution in [3.8, 4) is 0 Å². The minimum Gasteiger partial charge on any atom is -0.361 e. The number of amidine groups is 1. The number of aromatic nitrogens is 1. The van der Waals surface area contributed by atoms with Crippen LogP contribution in [0.2, 0.25) is 0 Å². The van der Waals surface area contributed by atoms with E-state index in [9.17, 15) is 8.78 Å². The molecule has 0 fully saturated rings. The number of halogens is 2. The number of fused-ring (bicyclic) bond motifs is 2. The van der Waals surface area contributed by atoms with Crippen molar-refractivity contribution in [1.29, 1.82) is 0 Å². The number of anilines is 2. The molecule has 7 heteroatoms. The van der Waals surface area contributed by atoms with Gasteiger partial charge in [-0.2, -0.15) is 0 Å². The summed E-state index contributed by atoms with van der Waals surface area (Å²) < 4.78 is 27.1. The number of hydrogen-bond acceptors (Lipinski definition) is 4. The zero-order chi connectivity index (χ0) is 20.7. The lowest BCUT2D eigenvalue weighted by molar-refractivity contribution is 0.505. The Bertz CT molecular complexity index is 1280. The molecule has 1 aromatic heterocycles. The van der Waals surface area contributed by atoms with E-state index in [4.69, 9.17) is 10.7 Å². The topological polar surface area (TPSA) is 78.2 Å². The van der Waals surface area contributed by atoms with Crippen molar-refractivity contribution in [3.63, 3.8) is 0 Å². The molecule has 1 aliphatic rings. The van der Waals surface area contributed by atoms with E-state index >= 15 is 0 Å². The summed E-state index contributed by atoms with van der Waals surface area (Å²) in [6.45, 7) is 0. The van der Waals surface area contributed by atoms with Crippen molar-refractivity contribution < 1.29 is 8.78 Å². The van der Waals surface area contributed by atoms with E-state index in [1.54, 1.807) is 0 Å². The molecule has 0 radical (unpaired) electrons. The normalized spacial score (nSPS) is 17.9. The van der Waals surface area contributed by atoms with Crippen LogP contribution in [0.25, 0.3) is 10.9 Å². The third kappa shape index (κ3) is 3.29. The van der Waals surface area contributed by atoms with Crippen molar-refractivity contribution in [3.05, 3.63) is 90.1 Å². The van der Waals surface area contributed by atoms with Gasteiger partial charge in [0.05, 0.1) is 11.4 Å². The molecule has 0 spiro atoms. The van der Waals surface area contributed by atoms with Crippen LogP contribution in [-0.4, -0.2) is 16.5 Å². The van der Waals surface area contributed by atoms with Crippen LogP contribution >= 0.6 is 0 Å². The molecule has 4 aromatic rings. The van der Waals surface area contributed by atoms with Crippen LogP contribution in [0.5, 0.6) is 0 Å². The Hall–Kier alpha value is -3.71. The minimum atomic E-state index is -1.15. The van der Waals surface area contributed by atoms with Crippen LogP contribution in [0.4, 0.5) is 25.8 Å². The fourth-order valence-electron chi connectivity index (χ4n) is 3.70. The van der Waals surface area contributed by atoms with Gasteiger partial charge in [-0.05, 0) is 54.1 Å². The molecule has 5 rings (SSSR count). The summed E-state index contributed by atoms with van der Waals surface area (Å²) in [4.78, 5) is 7.90. The number of nitrogens with one attached hydrogen (secondary N) is 3. The molecule has 0 saturated carbocycles. The molecule has 150 valence electrons. The Morgan fingerprint density at radius 3 is 2.70 bits per heavy atom. The summed E-state index contributed by atoms with van der Waals surface area (Å²) in [5.74, 6) is -1.31. The maximum absolute atomic E-state index is 13.8. The van der Waals surface area contributed by atoms with Crippen LogP contribution in [0.15, 0.2) is 77.9 Å². The molecular weight excluding hydrogens is 384 g/mol. The maximum Gasteiger partial charge on any atom is 0.159 e. The predicted octanol–water partition coefficient (Wildman–Crippen LogP) is 4.91. The van der Waals surface area contributed by atoms with Crippen LogP contribution in [-0.2, 0) is 6.42 Å². The van der Waals surface area contributed by atoms with Gasteiger partial charge in [0.15, 0.2) is 11.6 Å². The highest BCUT2D eigenvalue weighted by molar-refractivity contribution is 6.08. The van der Waals surface area contributed by atoms with Crippen LogP contribution in [0.1, 0.15) is 5.56 Å². The van der Waals surface area contributed by atoms with Gasteiger partial charge in [0.25, 0.3) is 0 Å². The van der Waals surface area contributed by atoms with E-state index in [0.717, 1.165) is 40.1 Å². The maximum atomic E-state index is 13.8. The Morgan fingerprint density at radius 2 is 1.83 bits per heavy atom. The summed E-state index contributed by atoms with van der Waals surface area (Å²) in [5, 5.41) is 7.69. The first-order chi connectivity index (χ1) is 14.5. The number of aliphatic imine (C=N–C) groups is 1. The number of nitrogens with two attached hydrogens (primary N) is 1. The van der Waals surface area contributed by atoms with Gasteiger partial charge in [-0.15, -0.1) is 0 Å². The van der Waals surface area contributed by atoms with Gasteiger partial charge >= 0.3 is 0 Å².